The molecule has 0 unspecified atom stereocenters. The zero-order chi connectivity index (χ0) is 27.9. The molecule has 0 saturated carbocycles. The second-order valence-electron chi connectivity index (χ2n) is 10.1. The maximum atomic E-state index is 13.0. The Morgan fingerprint density at radius 2 is 1.62 bits per heavy atom. The number of anilines is 1. The van der Waals surface area contributed by atoms with Crippen molar-refractivity contribution in [1.82, 2.24) is 9.47 Å². The van der Waals surface area contributed by atoms with E-state index in [4.69, 9.17) is 27.9 Å². The summed E-state index contributed by atoms with van der Waals surface area (Å²) in [6.07, 6.45) is 2.78. The molecule has 0 spiro atoms. The van der Waals surface area contributed by atoms with Crippen molar-refractivity contribution in [2.75, 3.05) is 44.2 Å². The van der Waals surface area contributed by atoms with Gasteiger partial charge in [0.2, 0.25) is 5.91 Å². The minimum Gasteiger partial charge on any atom is -0.494 e. The smallest absolute Gasteiger partial charge is 0.257 e. The molecule has 1 saturated heterocycles. The molecule has 0 radical (unpaired) electrons. The topological polar surface area (TPSA) is 54.8 Å². The van der Waals surface area contributed by atoms with Crippen molar-refractivity contribution >= 4 is 45.7 Å². The summed E-state index contributed by atoms with van der Waals surface area (Å²) in [4.78, 5) is 30.5. The van der Waals surface area contributed by atoms with Crippen LogP contribution in [0.25, 0.3) is 10.9 Å². The number of halogens is 2. The van der Waals surface area contributed by atoms with E-state index >= 15 is 0 Å². The average molecular weight is 579 g/mol. The summed E-state index contributed by atoms with van der Waals surface area (Å²) in [7, 11) is 0. The maximum Gasteiger partial charge on any atom is 0.257 e. The van der Waals surface area contributed by atoms with Crippen molar-refractivity contribution < 1.29 is 9.53 Å². The highest BCUT2D eigenvalue weighted by Crippen LogP contribution is 2.33. The Kier molecular flexibility index (Phi) is 9.42. The number of ether oxygens (including phenoxy) is 1. The SMILES string of the molecule is O=C(CCc1ccccc1)n1c(=O)ccc2ccc(OCCCCN3CCN(c4cccc(Cl)c4Cl)CC3)cc21. The number of rotatable bonds is 10. The maximum absolute atomic E-state index is 13.0. The summed E-state index contributed by atoms with van der Waals surface area (Å²) >= 11 is 12.6. The van der Waals surface area contributed by atoms with Crippen LogP contribution in [0.3, 0.4) is 0 Å². The average Bonchev–Trinajstić information content (AvgIpc) is 2.98. The third kappa shape index (κ3) is 6.87. The molecule has 208 valence electrons. The molecule has 5 rings (SSSR count). The molecular formula is C32H33Cl2N3O3. The first kappa shape index (κ1) is 28.2. The van der Waals surface area contributed by atoms with Gasteiger partial charge in [-0.2, -0.15) is 0 Å². The molecule has 3 aromatic carbocycles. The van der Waals surface area contributed by atoms with Gasteiger partial charge >= 0.3 is 0 Å². The predicted octanol–water partition coefficient (Wildman–Crippen LogP) is 6.56. The molecule has 0 atom stereocenters. The van der Waals surface area contributed by atoms with Gasteiger partial charge in [0, 0.05) is 44.7 Å². The molecule has 0 N–H and O–H groups in total. The lowest BCUT2D eigenvalue weighted by Gasteiger charge is -2.36. The van der Waals surface area contributed by atoms with E-state index in [1.807, 2.05) is 60.7 Å². The van der Waals surface area contributed by atoms with E-state index in [0.29, 0.717) is 34.3 Å². The summed E-state index contributed by atoms with van der Waals surface area (Å²) in [5.41, 5.74) is 2.34. The standard InChI is InChI=1S/C32H33Cl2N3O3/c33-27-9-6-10-28(32(27)34)36-20-18-35(19-21-36)17-4-5-22-40-26-14-12-25-13-16-31(39)37(29(25)23-26)30(38)15-11-24-7-2-1-3-8-24/h1-3,6-10,12-14,16,23H,4-5,11,15,17-22H2. The van der Waals surface area contributed by atoms with Crippen molar-refractivity contribution in [3.05, 3.63) is 105 Å². The summed E-state index contributed by atoms with van der Waals surface area (Å²) in [6.45, 7) is 5.36. The van der Waals surface area contributed by atoms with E-state index in [1.54, 1.807) is 12.1 Å². The van der Waals surface area contributed by atoms with Gasteiger partial charge in [-0.05, 0) is 67.1 Å². The number of carbonyl (C=O) groups is 1. The number of hydrogen-bond acceptors (Lipinski definition) is 5. The van der Waals surface area contributed by atoms with Crippen LogP contribution in [0.4, 0.5) is 5.69 Å². The van der Waals surface area contributed by atoms with Gasteiger partial charge in [0.05, 0.1) is 27.9 Å². The second kappa shape index (κ2) is 13.4. The summed E-state index contributed by atoms with van der Waals surface area (Å²) in [5.74, 6) is 0.448. The lowest BCUT2D eigenvalue weighted by atomic mass is 10.1. The molecule has 1 aliphatic rings. The molecule has 0 aliphatic carbocycles. The lowest BCUT2D eigenvalue weighted by Crippen LogP contribution is -2.46. The number of benzene rings is 3. The van der Waals surface area contributed by atoms with Gasteiger partial charge in [-0.15, -0.1) is 0 Å². The van der Waals surface area contributed by atoms with Crippen LogP contribution in [0.1, 0.15) is 29.6 Å². The normalized spacial score (nSPS) is 14.0. The van der Waals surface area contributed by atoms with Crippen LogP contribution in [0.5, 0.6) is 5.75 Å². The summed E-state index contributed by atoms with van der Waals surface area (Å²) in [6, 6.07) is 24.4. The first-order valence-electron chi connectivity index (χ1n) is 13.8. The second-order valence-corrected chi connectivity index (χ2v) is 10.8. The van der Waals surface area contributed by atoms with Crippen LogP contribution in [0, 0.1) is 0 Å². The number of pyridine rings is 1. The van der Waals surface area contributed by atoms with E-state index in [9.17, 15) is 9.59 Å². The fourth-order valence-corrected chi connectivity index (χ4v) is 5.56. The van der Waals surface area contributed by atoms with Crippen LogP contribution >= 0.6 is 23.2 Å². The third-order valence-corrected chi connectivity index (χ3v) is 8.18. The number of aromatic nitrogens is 1. The number of unbranched alkanes of at least 4 members (excludes halogenated alkanes) is 1. The predicted molar refractivity (Wildman–Crippen MR) is 163 cm³/mol. The van der Waals surface area contributed by atoms with E-state index in [0.717, 1.165) is 62.2 Å². The van der Waals surface area contributed by atoms with Crippen LogP contribution in [-0.2, 0) is 6.42 Å². The molecule has 6 nitrogen and oxygen atoms in total. The van der Waals surface area contributed by atoms with Crippen LogP contribution in [0.15, 0.2) is 83.7 Å². The van der Waals surface area contributed by atoms with Gasteiger partial charge in [-0.1, -0.05) is 59.6 Å². The van der Waals surface area contributed by atoms with Crippen molar-refractivity contribution in [1.29, 1.82) is 0 Å². The van der Waals surface area contributed by atoms with Crippen LogP contribution < -0.4 is 15.2 Å². The molecule has 1 fully saturated rings. The highest BCUT2D eigenvalue weighted by atomic mass is 35.5. The van der Waals surface area contributed by atoms with Gasteiger partial charge < -0.3 is 9.64 Å². The fourth-order valence-electron chi connectivity index (χ4n) is 5.14. The summed E-state index contributed by atoms with van der Waals surface area (Å²) in [5, 5.41) is 2.04. The van der Waals surface area contributed by atoms with Gasteiger partial charge in [0.15, 0.2) is 0 Å². The Bertz CT molecular complexity index is 1520. The van der Waals surface area contributed by atoms with Gasteiger partial charge in [0.1, 0.15) is 5.75 Å². The number of aryl methyl sites for hydroxylation is 1. The van der Waals surface area contributed by atoms with Crippen LogP contribution in [-0.4, -0.2) is 54.7 Å². The minimum atomic E-state index is -0.319. The van der Waals surface area contributed by atoms with Crippen molar-refractivity contribution in [2.24, 2.45) is 0 Å². The molecular weight excluding hydrogens is 545 g/mol. The zero-order valence-corrected chi connectivity index (χ0v) is 23.9. The Labute approximate surface area is 244 Å². The lowest BCUT2D eigenvalue weighted by molar-refractivity contribution is 0.0904. The fraction of sp³-hybridized carbons (Fsp3) is 0.312. The Balaban J connectivity index is 1.11. The summed E-state index contributed by atoms with van der Waals surface area (Å²) < 4.78 is 7.31. The number of carbonyl (C=O) groups excluding carboxylic acids is 1. The molecule has 0 bridgehead atoms. The highest BCUT2D eigenvalue weighted by Gasteiger charge is 2.19. The minimum absolute atomic E-state index is 0.214. The monoisotopic (exact) mass is 577 g/mol. The first-order chi connectivity index (χ1) is 19.5. The van der Waals surface area contributed by atoms with Gasteiger partial charge in [-0.3, -0.25) is 14.5 Å². The van der Waals surface area contributed by atoms with Gasteiger partial charge in [-0.25, -0.2) is 4.57 Å². The van der Waals surface area contributed by atoms with E-state index in [1.165, 1.54) is 10.6 Å². The largest absolute Gasteiger partial charge is 0.494 e. The van der Waals surface area contributed by atoms with E-state index in [-0.39, 0.29) is 17.9 Å². The Hall–Kier alpha value is -3.32. The zero-order valence-electron chi connectivity index (χ0n) is 22.4. The number of piperazine rings is 1. The molecule has 4 aromatic rings. The number of hydrogen-bond donors (Lipinski definition) is 0. The molecule has 1 aliphatic heterocycles. The Morgan fingerprint density at radius 3 is 2.42 bits per heavy atom. The molecule has 2 heterocycles. The molecule has 8 heteroatoms. The molecule has 40 heavy (non-hydrogen) atoms. The quantitative estimate of drug-likeness (QED) is 0.200. The Morgan fingerprint density at radius 1 is 0.850 bits per heavy atom. The molecule has 1 aromatic heterocycles. The van der Waals surface area contributed by atoms with Crippen molar-refractivity contribution in [3.8, 4) is 5.75 Å². The van der Waals surface area contributed by atoms with Crippen molar-refractivity contribution in [3.63, 3.8) is 0 Å². The van der Waals surface area contributed by atoms with Gasteiger partial charge in [0.25, 0.3) is 5.56 Å². The highest BCUT2D eigenvalue weighted by molar-refractivity contribution is 6.43. The van der Waals surface area contributed by atoms with Crippen molar-refractivity contribution in [2.45, 2.75) is 25.7 Å². The third-order valence-electron chi connectivity index (χ3n) is 7.37. The first-order valence-corrected chi connectivity index (χ1v) is 14.5. The van der Waals surface area contributed by atoms with E-state index < -0.39 is 0 Å². The number of fused-ring (bicyclic) bond motifs is 1. The molecule has 0 amide bonds. The number of nitrogens with zero attached hydrogens (tertiary/aromatic N) is 3. The van der Waals surface area contributed by atoms with Crippen LogP contribution in [0.2, 0.25) is 10.0 Å². The van der Waals surface area contributed by atoms with E-state index in [2.05, 4.69) is 9.80 Å².